The fourth-order valence-electron chi connectivity index (χ4n) is 1.85. The van der Waals surface area contributed by atoms with Crippen molar-refractivity contribution in [3.8, 4) is 0 Å². The molecule has 0 bridgehead atoms. The van der Waals surface area contributed by atoms with Gasteiger partial charge >= 0.3 is 0 Å². The Morgan fingerprint density at radius 1 is 1.14 bits per heavy atom. The highest BCUT2D eigenvalue weighted by atomic mass is 32.2. The molecule has 0 aliphatic carbocycles. The van der Waals surface area contributed by atoms with Crippen LogP contribution in [0.25, 0.3) is 0 Å². The van der Waals surface area contributed by atoms with Gasteiger partial charge in [0.05, 0.1) is 6.54 Å². The smallest absolute Gasteiger partial charge is 0.250 e. The maximum absolute atomic E-state index is 12.2. The van der Waals surface area contributed by atoms with Crippen LogP contribution in [0.15, 0.2) is 46.7 Å². The Kier molecular flexibility index (Phi) is 5.70. The summed E-state index contributed by atoms with van der Waals surface area (Å²) >= 11 is 1.16. The van der Waals surface area contributed by atoms with Crippen LogP contribution in [0.1, 0.15) is 17.4 Å². The number of sulfonamides is 1. The molecule has 2 aromatic rings. The van der Waals surface area contributed by atoms with E-state index in [4.69, 9.17) is 0 Å². The maximum Gasteiger partial charge on any atom is 0.250 e. The highest BCUT2D eigenvalue weighted by molar-refractivity contribution is 7.91. The van der Waals surface area contributed by atoms with E-state index in [9.17, 15) is 13.2 Å². The zero-order chi connectivity index (χ0) is 16.0. The molecule has 2 rings (SSSR count). The van der Waals surface area contributed by atoms with Gasteiger partial charge in [0.15, 0.2) is 0 Å². The van der Waals surface area contributed by atoms with Crippen LogP contribution in [0.4, 0.5) is 0 Å². The van der Waals surface area contributed by atoms with E-state index < -0.39 is 10.0 Å². The number of nitrogens with one attached hydrogen (secondary N) is 2. The standard InChI is InChI=1S/C15H18N2O3S2/c1-12(18)16-11-14-7-8-15(21-14)22(19,20)17-10-9-13-5-3-2-4-6-13/h2-8,17H,9-11H2,1H3,(H,16,18). The molecule has 0 saturated carbocycles. The first kappa shape index (κ1) is 16.7. The molecule has 0 aliphatic rings. The molecule has 118 valence electrons. The van der Waals surface area contributed by atoms with Crippen LogP contribution in [0, 0.1) is 0 Å². The molecule has 22 heavy (non-hydrogen) atoms. The van der Waals surface area contributed by atoms with Gasteiger partial charge in [-0.3, -0.25) is 4.79 Å². The molecule has 1 amide bonds. The van der Waals surface area contributed by atoms with Gasteiger partial charge in [0, 0.05) is 18.3 Å². The summed E-state index contributed by atoms with van der Waals surface area (Å²) in [5.74, 6) is -0.140. The Bertz CT molecular complexity index is 724. The summed E-state index contributed by atoms with van der Waals surface area (Å²) in [6, 6.07) is 13.0. The number of thiophene rings is 1. The SMILES string of the molecule is CC(=O)NCc1ccc(S(=O)(=O)NCCc2ccccc2)s1. The highest BCUT2D eigenvalue weighted by Gasteiger charge is 2.16. The molecule has 7 heteroatoms. The van der Waals surface area contributed by atoms with E-state index in [0.717, 1.165) is 21.8 Å². The monoisotopic (exact) mass is 338 g/mol. The number of benzene rings is 1. The second-order valence-electron chi connectivity index (χ2n) is 4.76. The Morgan fingerprint density at radius 3 is 2.55 bits per heavy atom. The average Bonchev–Trinajstić information content (AvgIpc) is 2.96. The molecule has 2 N–H and O–H groups in total. The minimum absolute atomic E-state index is 0.140. The van der Waals surface area contributed by atoms with Crippen molar-refractivity contribution in [3.63, 3.8) is 0 Å². The fraction of sp³-hybridized carbons (Fsp3) is 0.267. The van der Waals surface area contributed by atoms with Crippen molar-refractivity contribution in [1.82, 2.24) is 10.0 Å². The fourth-order valence-corrected chi connectivity index (χ4v) is 4.23. The van der Waals surface area contributed by atoms with Crippen molar-refractivity contribution >= 4 is 27.3 Å². The van der Waals surface area contributed by atoms with Crippen LogP contribution in [-0.4, -0.2) is 20.9 Å². The van der Waals surface area contributed by atoms with Crippen LogP contribution < -0.4 is 10.0 Å². The lowest BCUT2D eigenvalue weighted by molar-refractivity contribution is -0.119. The van der Waals surface area contributed by atoms with E-state index in [2.05, 4.69) is 10.0 Å². The molecule has 0 fully saturated rings. The van der Waals surface area contributed by atoms with E-state index in [1.807, 2.05) is 30.3 Å². The molecule has 0 saturated heterocycles. The summed E-state index contributed by atoms with van der Waals surface area (Å²) in [6.07, 6.45) is 0.643. The molecule has 0 unspecified atom stereocenters. The van der Waals surface area contributed by atoms with Crippen LogP contribution >= 0.6 is 11.3 Å². The summed E-state index contributed by atoms with van der Waals surface area (Å²) in [5, 5.41) is 2.65. The number of carbonyl (C=O) groups is 1. The summed E-state index contributed by atoms with van der Waals surface area (Å²) < 4.78 is 27.2. The summed E-state index contributed by atoms with van der Waals surface area (Å²) in [7, 11) is -3.49. The van der Waals surface area contributed by atoms with E-state index >= 15 is 0 Å². The quantitative estimate of drug-likeness (QED) is 0.810. The maximum atomic E-state index is 12.2. The van der Waals surface area contributed by atoms with Crippen LogP contribution in [0.3, 0.4) is 0 Å². The van der Waals surface area contributed by atoms with Gasteiger partial charge < -0.3 is 5.32 Å². The largest absolute Gasteiger partial charge is 0.351 e. The predicted molar refractivity (Wildman–Crippen MR) is 87.2 cm³/mol. The molecule has 0 atom stereocenters. The Labute approximate surface area is 134 Å². The minimum Gasteiger partial charge on any atom is -0.351 e. The molecular formula is C15H18N2O3S2. The van der Waals surface area contributed by atoms with Gasteiger partial charge in [0.2, 0.25) is 15.9 Å². The third-order valence-corrected chi connectivity index (χ3v) is 6.00. The Hall–Kier alpha value is -1.70. The zero-order valence-corrected chi connectivity index (χ0v) is 13.8. The van der Waals surface area contributed by atoms with Crippen molar-refractivity contribution in [2.75, 3.05) is 6.54 Å². The van der Waals surface area contributed by atoms with E-state index in [-0.39, 0.29) is 10.1 Å². The van der Waals surface area contributed by atoms with Crippen molar-refractivity contribution in [3.05, 3.63) is 52.9 Å². The summed E-state index contributed by atoms with van der Waals surface area (Å²) in [5.41, 5.74) is 1.09. The summed E-state index contributed by atoms with van der Waals surface area (Å²) in [4.78, 5) is 11.7. The molecule has 0 radical (unpaired) electrons. The van der Waals surface area contributed by atoms with E-state index in [1.165, 1.54) is 6.92 Å². The van der Waals surface area contributed by atoms with E-state index in [0.29, 0.717) is 19.5 Å². The van der Waals surface area contributed by atoms with Gasteiger partial charge in [-0.1, -0.05) is 30.3 Å². The Morgan fingerprint density at radius 2 is 1.86 bits per heavy atom. The van der Waals surface area contributed by atoms with Gasteiger partial charge in [-0.2, -0.15) is 0 Å². The number of amides is 1. The van der Waals surface area contributed by atoms with Crippen LogP contribution in [-0.2, 0) is 27.8 Å². The van der Waals surface area contributed by atoms with Crippen LogP contribution in [0.2, 0.25) is 0 Å². The van der Waals surface area contributed by atoms with Gasteiger partial charge in [0.1, 0.15) is 4.21 Å². The topological polar surface area (TPSA) is 75.3 Å². The second-order valence-corrected chi connectivity index (χ2v) is 7.93. The zero-order valence-electron chi connectivity index (χ0n) is 12.2. The number of hydrogen-bond acceptors (Lipinski definition) is 4. The van der Waals surface area contributed by atoms with Gasteiger partial charge in [-0.05, 0) is 24.1 Å². The van der Waals surface area contributed by atoms with Gasteiger partial charge in [0.25, 0.3) is 0 Å². The first-order chi connectivity index (χ1) is 10.5. The van der Waals surface area contributed by atoms with Crippen molar-refractivity contribution in [2.24, 2.45) is 0 Å². The molecule has 0 spiro atoms. The highest BCUT2D eigenvalue weighted by Crippen LogP contribution is 2.21. The van der Waals surface area contributed by atoms with Crippen LogP contribution in [0.5, 0.6) is 0 Å². The normalized spacial score (nSPS) is 11.3. The molecular weight excluding hydrogens is 320 g/mol. The number of rotatable bonds is 7. The molecule has 1 aromatic carbocycles. The van der Waals surface area contributed by atoms with E-state index in [1.54, 1.807) is 12.1 Å². The van der Waals surface area contributed by atoms with Crippen molar-refractivity contribution < 1.29 is 13.2 Å². The first-order valence-corrected chi connectivity index (χ1v) is 9.14. The lowest BCUT2D eigenvalue weighted by Crippen LogP contribution is -2.25. The molecule has 1 heterocycles. The lowest BCUT2D eigenvalue weighted by Gasteiger charge is -2.05. The van der Waals surface area contributed by atoms with Gasteiger partial charge in [-0.15, -0.1) is 11.3 Å². The van der Waals surface area contributed by atoms with Crippen molar-refractivity contribution in [2.45, 2.75) is 24.1 Å². The summed E-state index contributed by atoms with van der Waals surface area (Å²) in [6.45, 7) is 2.13. The lowest BCUT2D eigenvalue weighted by atomic mass is 10.2. The second kappa shape index (κ2) is 7.53. The third kappa shape index (κ3) is 4.94. The molecule has 5 nitrogen and oxygen atoms in total. The molecule has 0 aliphatic heterocycles. The van der Waals surface area contributed by atoms with Crippen molar-refractivity contribution in [1.29, 1.82) is 0 Å². The first-order valence-electron chi connectivity index (χ1n) is 6.84. The Balaban J connectivity index is 1.91. The molecule has 1 aromatic heterocycles. The van der Waals surface area contributed by atoms with Gasteiger partial charge in [-0.25, -0.2) is 13.1 Å². The number of hydrogen-bond donors (Lipinski definition) is 2. The average molecular weight is 338 g/mol. The minimum atomic E-state index is -3.49. The number of carbonyl (C=O) groups excluding carboxylic acids is 1. The predicted octanol–water partition coefficient (Wildman–Crippen LogP) is 1.91. The third-order valence-electron chi connectivity index (χ3n) is 2.96.